The van der Waals surface area contributed by atoms with E-state index in [2.05, 4.69) is 0 Å². The normalized spacial score (nSPS) is 11.3. The van der Waals surface area contributed by atoms with E-state index in [1.165, 1.54) is 12.3 Å². The molecule has 0 aliphatic carbocycles. The van der Waals surface area contributed by atoms with Crippen molar-refractivity contribution >= 4 is 21.4 Å². The van der Waals surface area contributed by atoms with E-state index >= 15 is 0 Å². The average molecular weight is 311 g/mol. The van der Waals surface area contributed by atoms with E-state index in [1.54, 1.807) is 18.2 Å². The van der Waals surface area contributed by atoms with Crippen LogP contribution in [0, 0.1) is 6.92 Å². The summed E-state index contributed by atoms with van der Waals surface area (Å²) in [5.41, 5.74) is 1.97. The Morgan fingerprint density at radius 2 is 1.90 bits per heavy atom. The summed E-state index contributed by atoms with van der Waals surface area (Å²) >= 11 is 5.77. The molecule has 3 nitrogen and oxygen atoms in total. The van der Waals surface area contributed by atoms with Crippen molar-refractivity contribution in [1.29, 1.82) is 0 Å². The molecule has 0 saturated carbocycles. The molecule has 0 radical (unpaired) electrons. The third-order valence-electron chi connectivity index (χ3n) is 2.86. The minimum atomic E-state index is -3.24. The van der Waals surface area contributed by atoms with Gasteiger partial charge in [-0.05, 0) is 42.3 Å². The zero-order valence-electron chi connectivity index (χ0n) is 11.3. The highest BCUT2D eigenvalue weighted by molar-refractivity contribution is 7.90. The quantitative estimate of drug-likeness (QED) is 0.804. The maximum atomic E-state index is 11.5. The lowest BCUT2D eigenvalue weighted by Gasteiger charge is -2.10. The van der Waals surface area contributed by atoms with Crippen molar-refractivity contribution in [2.45, 2.75) is 17.7 Å². The third-order valence-corrected chi connectivity index (χ3v) is 4.27. The number of benzene rings is 2. The smallest absolute Gasteiger partial charge is 0.175 e. The van der Waals surface area contributed by atoms with Gasteiger partial charge in [-0.15, -0.1) is 11.6 Å². The number of rotatable bonds is 4. The molecule has 106 valence electrons. The van der Waals surface area contributed by atoms with E-state index in [4.69, 9.17) is 16.3 Å². The monoisotopic (exact) mass is 310 g/mol. The molecule has 5 heteroatoms. The van der Waals surface area contributed by atoms with Crippen molar-refractivity contribution in [3.63, 3.8) is 0 Å². The molecule has 0 aromatic heterocycles. The molecule has 0 fully saturated rings. The molecule has 0 N–H and O–H groups in total. The average Bonchev–Trinajstić information content (AvgIpc) is 2.40. The molecule has 0 heterocycles. The first-order valence-corrected chi connectivity index (χ1v) is 8.46. The van der Waals surface area contributed by atoms with Crippen LogP contribution in [-0.4, -0.2) is 14.7 Å². The second-order valence-corrected chi connectivity index (χ2v) is 6.87. The summed E-state index contributed by atoms with van der Waals surface area (Å²) < 4.78 is 28.8. The molecule has 0 unspecified atom stereocenters. The summed E-state index contributed by atoms with van der Waals surface area (Å²) in [6, 6.07) is 12.1. The van der Waals surface area contributed by atoms with Gasteiger partial charge in [-0.1, -0.05) is 18.2 Å². The van der Waals surface area contributed by atoms with E-state index in [9.17, 15) is 8.42 Å². The number of sulfone groups is 1. The van der Waals surface area contributed by atoms with Crippen LogP contribution in [0.2, 0.25) is 0 Å². The first kappa shape index (κ1) is 14.9. The second-order valence-electron chi connectivity index (χ2n) is 4.58. The van der Waals surface area contributed by atoms with Crippen LogP contribution in [0.3, 0.4) is 0 Å². The highest BCUT2D eigenvalue weighted by Crippen LogP contribution is 2.27. The highest BCUT2D eigenvalue weighted by Gasteiger charge is 2.09. The lowest BCUT2D eigenvalue weighted by molar-refractivity contribution is 0.477. The van der Waals surface area contributed by atoms with Gasteiger partial charge in [0.1, 0.15) is 11.5 Å². The molecular formula is C15H15ClO3S. The first-order valence-electron chi connectivity index (χ1n) is 6.03. The number of alkyl halides is 1. The predicted molar refractivity (Wildman–Crippen MR) is 80.4 cm³/mol. The van der Waals surface area contributed by atoms with E-state index < -0.39 is 9.84 Å². The van der Waals surface area contributed by atoms with Crippen LogP contribution in [0.25, 0.3) is 0 Å². The van der Waals surface area contributed by atoms with Gasteiger partial charge in [-0.2, -0.15) is 0 Å². The Morgan fingerprint density at radius 1 is 1.15 bits per heavy atom. The molecule has 0 atom stereocenters. The molecule has 0 aliphatic rings. The SMILES string of the molecule is Cc1cc(CCl)ccc1Oc1cccc(S(C)(=O)=O)c1. The number of halogens is 1. The van der Waals surface area contributed by atoms with Gasteiger partial charge in [-0.3, -0.25) is 0 Å². The molecule has 2 aromatic rings. The van der Waals surface area contributed by atoms with Crippen LogP contribution < -0.4 is 4.74 Å². The number of aryl methyl sites for hydroxylation is 1. The lowest BCUT2D eigenvalue weighted by atomic mass is 10.1. The maximum Gasteiger partial charge on any atom is 0.175 e. The largest absolute Gasteiger partial charge is 0.457 e. The fraction of sp³-hybridized carbons (Fsp3) is 0.200. The molecule has 0 amide bonds. The summed E-state index contributed by atoms with van der Waals surface area (Å²) in [7, 11) is -3.24. The van der Waals surface area contributed by atoms with E-state index in [0.717, 1.165) is 11.1 Å². The van der Waals surface area contributed by atoms with Gasteiger partial charge in [0.25, 0.3) is 0 Å². The van der Waals surface area contributed by atoms with Crippen molar-refractivity contribution in [3.05, 3.63) is 53.6 Å². The number of ether oxygens (including phenoxy) is 1. The molecule has 0 spiro atoms. The van der Waals surface area contributed by atoms with Gasteiger partial charge in [0.15, 0.2) is 9.84 Å². The molecule has 0 aliphatic heterocycles. The summed E-state index contributed by atoms with van der Waals surface area (Å²) in [5.74, 6) is 1.63. The Balaban J connectivity index is 2.31. The summed E-state index contributed by atoms with van der Waals surface area (Å²) in [6.07, 6.45) is 1.17. The Bertz CT molecular complexity index is 724. The van der Waals surface area contributed by atoms with Crippen molar-refractivity contribution in [2.24, 2.45) is 0 Å². The van der Waals surface area contributed by atoms with Gasteiger partial charge >= 0.3 is 0 Å². The van der Waals surface area contributed by atoms with E-state index in [1.807, 2.05) is 25.1 Å². The molecule has 0 bridgehead atoms. The van der Waals surface area contributed by atoms with E-state index in [-0.39, 0.29) is 4.90 Å². The van der Waals surface area contributed by atoms with Crippen LogP contribution in [0.1, 0.15) is 11.1 Å². The van der Waals surface area contributed by atoms with Crippen LogP contribution >= 0.6 is 11.6 Å². The molecule has 2 rings (SSSR count). The van der Waals surface area contributed by atoms with E-state index in [0.29, 0.717) is 17.4 Å². The zero-order valence-corrected chi connectivity index (χ0v) is 12.8. The van der Waals surface area contributed by atoms with Gasteiger partial charge in [0.05, 0.1) is 4.90 Å². The summed E-state index contributed by atoms with van der Waals surface area (Å²) in [5, 5.41) is 0. The maximum absolute atomic E-state index is 11.5. The lowest BCUT2D eigenvalue weighted by Crippen LogP contribution is -1.97. The van der Waals surface area contributed by atoms with Crippen molar-refractivity contribution in [1.82, 2.24) is 0 Å². The molecule has 2 aromatic carbocycles. The van der Waals surface area contributed by atoms with Gasteiger partial charge in [0.2, 0.25) is 0 Å². The topological polar surface area (TPSA) is 43.4 Å². The van der Waals surface area contributed by atoms with Gasteiger partial charge in [-0.25, -0.2) is 8.42 Å². The number of hydrogen-bond donors (Lipinski definition) is 0. The minimum Gasteiger partial charge on any atom is -0.457 e. The van der Waals surface area contributed by atoms with Gasteiger partial charge < -0.3 is 4.74 Å². The van der Waals surface area contributed by atoms with Crippen LogP contribution in [0.15, 0.2) is 47.4 Å². The van der Waals surface area contributed by atoms with Crippen molar-refractivity contribution < 1.29 is 13.2 Å². The van der Waals surface area contributed by atoms with Crippen molar-refractivity contribution in [3.8, 4) is 11.5 Å². The van der Waals surface area contributed by atoms with Crippen LogP contribution in [0.5, 0.6) is 11.5 Å². The van der Waals surface area contributed by atoms with Gasteiger partial charge in [0, 0.05) is 12.1 Å². The fourth-order valence-electron chi connectivity index (χ4n) is 1.80. The molecule has 0 saturated heterocycles. The standard InChI is InChI=1S/C15H15ClO3S/c1-11-8-12(10-16)6-7-15(11)19-13-4-3-5-14(9-13)20(2,17)18/h3-9H,10H2,1-2H3. The zero-order chi connectivity index (χ0) is 14.8. The van der Waals surface area contributed by atoms with Crippen LogP contribution in [-0.2, 0) is 15.7 Å². The Morgan fingerprint density at radius 3 is 2.50 bits per heavy atom. The second kappa shape index (κ2) is 5.85. The fourth-order valence-corrected chi connectivity index (χ4v) is 2.63. The Hall–Kier alpha value is -1.52. The van der Waals surface area contributed by atoms with Crippen LogP contribution in [0.4, 0.5) is 0 Å². The molecule has 20 heavy (non-hydrogen) atoms. The summed E-state index contributed by atoms with van der Waals surface area (Å²) in [6.45, 7) is 1.92. The molecular weight excluding hydrogens is 296 g/mol. The predicted octanol–water partition coefficient (Wildman–Crippen LogP) is 3.93. The number of hydrogen-bond acceptors (Lipinski definition) is 3. The Labute approximate surface area is 124 Å². The third kappa shape index (κ3) is 3.52. The highest BCUT2D eigenvalue weighted by atomic mass is 35.5. The Kier molecular flexibility index (Phi) is 4.35. The van der Waals surface area contributed by atoms with Crippen molar-refractivity contribution in [2.75, 3.05) is 6.26 Å². The first-order chi connectivity index (χ1) is 9.40. The summed E-state index contributed by atoms with van der Waals surface area (Å²) in [4.78, 5) is 0.241. The minimum absolute atomic E-state index is 0.241.